The lowest BCUT2D eigenvalue weighted by Crippen LogP contribution is -2.27. The van der Waals surface area contributed by atoms with E-state index in [4.69, 9.17) is 4.74 Å². The van der Waals surface area contributed by atoms with Crippen molar-refractivity contribution in [1.29, 1.82) is 0 Å². The van der Waals surface area contributed by atoms with Crippen LogP contribution in [0.2, 0.25) is 0 Å². The summed E-state index contributed by atoms with van der Waals surface area (Å²) in [6, 6.07) is 8.27. The molecule has 1 N–H and O–H groups in total. The Kier molecular flexibility index (Phi) is 3.67. The third kappa shape index (κ3) is 2.43. The van der Waals surface area contributed by atoms with Gasteiger partial charge in [0.05, 0.1) is 6.61 Å². The zero-order valence-electron chi connectivity index (χ0n) is 10.4. The van der Waals surface area contributed by atoms with E-state index >= 15 is 0 Å². The Hall–Kier alpha value is -1.51. The van der Waals surface area contributed by atoms with Crippen molar-refractivity contribution in [2.75, 3.05) is 6.61 Å². The number of nitrogens with one attached hydrogen (secondary N) is 1. The van der Waals surface area contributed by atoms with E-state index in [-0.39, 0.29) is 17.9 Å². The maximum atomic E-state index is 11.5. The highest BCUT2D eigenvalue weighted by Gasteiger charge is 2.33. The number of amides is 1. The molecule has 0 bridgehead atoms. The van der Waals surface area contributed by atoms with Crippen LogP contribution in [0.15, 0.2) is 24.3 Å². The number of rotatable bonds is 4. The van der Waals surface area contributed by atoms with Crippen LogP contribution in [0.4, 0.5) is 0 Å². The van der Waals surface area contributed by atoms with E-state index in [0.29, 0.717) is 13.0 Å². The molecule has 1 aromatic rings. The van der Waals surface area contributed by atoms with Crippen LogP contribution in [0.5, 0.6) is 5.75 Å². The van der Waals surface area contributed by atoms with E-state index < -0.39 is 0 Å². The number of hydrogen-bond donors (Lipinski definition) is 1. The molecule has 1 amide bonds. The summed E-state index contributed by atoms with van der Waals surface area (Å²) in [7, 11) is 0. The van der Waals surface area contributed by atoms with Crippen LogP contribution in [0.1, 0.15) is 38.2 Å². The second-order valence-electron chi connectivity index (χ2n) is 4.36. The van der Waals surface area contributed by atoms with E-state index in [0.717, 1.165) is 17.7 Å². The van der Waals surface area contributed by atoms with Crippen LogP contribution in [0, 0.1) is 0 Å². The summed E-state index contributed by atoms with van der Waals surface area (Å²) in [5.74, 6) is 1.30. The number of hydrogen-bond acceptors (Lipinski definition) is 2. The van der Waals surface area contributed by atoms with Gasteiger partial charge in [-0.1, -0.05) is 25.1 Å². The smallest absolute Gasteiger partial charge is 0.220 e. The summed E-state index contributed by atoms with van der Waals surface area (Å²) in [4.78, 5) is 11.5. The van der Waals surface area contributed by atoms with Crippen LogP contribution in [-0.2, 0) is 4.79 Å². The standard InChI is InChI=1S/C14H19NO2/c1-3-12-11(9-14(16)15-12)10-7-5-6-8-13(10)17-4-2/h5-8,11-12H,3-4,9H2,1-2H3,(H,15,16). The van der Waals surface area contributed by atoms with Gasteiger partial charge in [0.25, 0.3) is 0 Å². The predicted octanol–water partition coefficient (Wildman–Crippen LogP) is 2.47. The first kappa shape index (κ1) is 12.0. The highest BCUT2D eigenvalue weighted by Crippen LogP contribution is 2.35. The third-order valence-electron chi connectivity index (χ3n) is 3.30. The zero-order valence-corrected chi connectivity index (χ0v) is 10.4. The molecule has 1 saturated heterocycles. The molecular formula is C14H19NO2. The Labute approximate surface area is 102 Å². The maximum Gasteiger partial charge on any atom is 0.220 e. The Morgan fingerprint density at radius 3 is 2.82 bits per heavy atom. The first-order valence-electron chi connectivity index (χ1n) is 6.27. The molecule has 0 aliphatic carbocycles. The van der Waals surface area contributed by atoms with Gasteiger partial charge in [-0.15, -0.1) is 0 Å². The van der Waals surface area contributed by atoms with Crippen molar-refractivity contribution in [3.8, 4) is 5.75 Å². The highest BCUT2D eigenvalue weighted by atomic mass is 16.5. The summed E-state index contributed by atoms with van der Waals surface area (Å²) in [5, 5.41) is 3.03. The third-order valence-corrected chi connectivity index (χ3v) is 3.30. The molecule has 1 heterocycles. The van der Waals surface area contributed by atoms with E-state index in [1.165, 1.54) is 0 Å². The fraction of sp³-hybridized carbons (Fsp3) is 0.500. The van der Waals surface area contributed by atoms with Crippen molar-refractivity contribution >= 4 is 5.91 Å². The zero-order chi connectivity index (χ0) is 12.3. The molecular weight excluding hydrogens is 214 g/mol. The van der Waals surface area contributed by atoms with Gasteiger partial charge in [-0.05, 0) is 25.0 Å². The van der Waals surface area contributed by atoms with Crippen LogP contribution in [0.25, 0.3) is 0 Å². The Morgan fingerprint density at radius 1 is 1.35 bits per heavy atom. The van der Waals surface area contributed by atoms with Crippen molar-refractivity contribution in [1.82, 2.24) is 5.32 Å². The van der Waals surface area contributed by atoms with Gasteiger partial charge in [-0.25, -0.2) is 0 Å². The van der Waals surface area contributed by atoms with E-state index in [9.17, 15) is 4.79 Å². The molecule has 3 heteroatoms. The molecule has 1 aliphatic heterocycles. The topological polar surface area (TPSA) is 38.3 Å². The minimum Gasteiger partial charge on any atom is -0.494 e. The van der Waals surface area contributed by atoms with Crippen molar-refractivity contribution in [3.63, 3.8) is 0 Å². The minimum absolute atomic E-state index is 0.146. The molecule has 0 saturated carbocycles. The molecule has 2 atom stereocenters. The van der Waals surface area contributed by atoms with Gasteiger partial charge in [-0.2, -0.15) is 0 Å². The maximum absolute atomic E-state index is 11.5. The summed E-state index contributed by atoms with van der Waals surface area (Å²) < 4.78 is 5.64. The molecule has 0 spiro atoms. The van der Waals surface area contributed by atoms with Crippen LogP contribution in [-0.4, -0.2) is 18.6 Å². The van der Waals surface area contributed by atoms with Gasteiger partial charge in [0.1, 0.15) is 5.75 Å². The first-order chi connectivity index (χ1) is 8.26. The molecule has 1 aromatic carbocycles. The SMILES string of the molecule is CCOc1ccccc1C1CC(=O)NC1CC. The predicted molar refractivity (Wildman–Crippen MR) is 67.2 cm³/mol. The molecule has 3 nitrogen and oxygen atoms in total. The molecule has 0 radical (unpaired) electrons. The fourth-order valence-corrected chi connectivity index (χ4v) is 2.50. The van der Waals surface area contributed by atoms with Crippen molar-refractivity contribution < 1.29 is 9.53 Å². The van der Waals surface area contributed by atoms with Gasteiger partial charge in [0.2, 0.25) is 5.91 Å². The number of para-hydroxylation sites is 1. The summed E-state index contributed by atoms with van der Waals surface area (Å²) in [6.45, 7) is 4.74. The molecule has 92 valence electrons. The minimum atomic E-state index is 0.146. The normalized spacial score (nSPS) is 23.5. The van der Waals surface area contributed by atoms with Gasteiger partial charge >= 0.3 is 0 Å². The van der Waals surface area contributed by atoms with E-state index in [2.05, 4.69) is 18.3 Å². The largest absolute Gasteiger partial charge is 0.494 e. The van der Waals surface area contributed by atoms with E-state index in [1.54, 1.807) is 0 Å². The second-order valence-corrected chi connectivity index (χ2v) is 4.36. The molecule has 1 fully saturated rings. The summed E-state index contributed by atoms with van der Waals surface area (Å²) >= 11 is 0. The van der Waals surface area contributed by atoms with Gasteiger partial charge in [0, 0.05) is 18.4 Å². The van der Waals surface area contributed by atoms with Gasteiger partial charge < -0.3 is 10.1 Å². The molecule has 0 aromatic heterocycles. The summed E-state index contributed by atoms with van der Waals surface area (Å²) in [6.07, 6.45) is 1.53. The number of benzene rings is 1. The first-order valence-corrected chi connectivity index (χ1v) is 6.27. The van der Waals surface area contributed by atoms with Crippen LogP contribution >= 0.6 is 0 Å². The molecule has 2 unspecified atom stereocenters. The molecule has 2 rings (SSSR count). The number of ether oxygens (including phenoxy) is 1. The second kappa shape index (κ2) is 5.21. The monoisotopic (exact) mass is 233 g/mol. The highest BCUT2D eigenvalue weighted by molar-refractivity contribution is 5.80. The van der Waals surface area contributed by atoms with Crippen molar-refractivity contribution in [2.24, 2.45) is 0 Å². The Bertz CT molecular complexity index is 403. The van der Waals surface area contributed by atoms with Crippen molar-refractivity contribution in [2.45, 2.75) is 38.6 Å². The van der Waals surface area contributed by atoms with E-state index in [1.807, 2.05) is 25.1 Å². The lowest BCUT2D eigenvalue weighted by atomic mass is 9.90. The lowest BCUT2D eigenvalue weighted by molar-refractivity contribution is -0.119. The van der Waals surface area contributed by atoms with Gasteiger partial charge in [0.15, 0.2) is 0 Å². The summed E-state index contributed by atoms with van der Waals surface area (Å²) in [5.41, 5.74) is 1.15. The molecule has 1 aliphatic rings. The lowest BCUT2D eigenvalue weighted by Gasteiger charge is -2.20. The Balaban J connectivity index is 2.29. The average Bonchev–Trinajstić information content (AvgIpc) is 2.71. The van der Waals surface area contributed by atoms with Crippen LogP contribution < -0.4 is 10.1 Å². The van der Waals surface area contributed by atoms with Gasteiger partial charge in [-0.3, -0.25) is 4.79 Å². The quantitative estimate of drug-likeness (QED) is 0.867. The Morgan fingerprint density at radius 2 is 2.12 bits per heavy atom. The molecule has 17 heavy (non-hydrogen) atoms. The fourth-order valence-electron chi connectivity index (χ4n) is 2.50. The number of carbonyl (C=O) groups is 1. The van der Waals surface area contributed by atoms with Crippen LogP contribution in [0.3, 0.4) is 0 Å². The number of carbonyl (C=O) groups excluding carboxylic acids is 1. The average molecular weight is 233 g/mol. The van der Waals surface area contributed by atoms with Crippen molar-refractivity contribution in [3.05, 3.63) is 29.8 Å².